The molecule has 2 amide bonds. The standard InChI is InChI=1S/C26H34FN3O4/c1-5-12-28-24(31)21-8-6-19(15-22(21)27)23-9-7-20(16-29-23)33-17-18-10-13-30(14-11-18)25(32)34-26(2,3)4/h6-9,15-16,18H,5,10-14,17H2,1-4H3,(H,28,31). The number of nitrogens with zero attached hydrogens (tertiary/aromatic N) is 2. The van der Waals surface area contributed by atoms with Gasteiger partial charge < -0.3 is 19.7 Å². The number of halogens is 1. The number of piperidine rings is 1. The van der Waals surface area contributed by atoms with E-state index in [4.69, 9.17) is 9.47 Å². The van der Waals surface area contributed by atoms with Gasteiger partial charge in [-0.05, 0) is 70.2 Å². The fourth-order valence-corrected chi connectivity index (χ4v) is 3.65. The highest BCUT2D eigenvalue weighted by Gasteiger charge is 2.27. The van der Waals surface area contributed by atoms with Gasteiger partial charge in [0.05, 0.1) is 24.1 Å². The summed E-state index contributed by atoms with van der Waals surface area (Å²) < 4.78 is 25.8. The number of pyridine rings is 1. The summed E-state index contributed by atoms with van der Waals surface area (Å²) in [6.07, 6.45) is 3.84. The van der Waals surface area contributed by atoms with Crippen LogP contribution in [0.2, 0.25) is 0 Å². The highest BCUT2D eigenvalue weighted by Crippen LogP contribution is 2.24. The van der Waals surface area contributed by atoms with Gasteiger partial charge in [-0.3, -0.25) is 9.78 Å². The van der Waals surface area contributed by atoms with Crippen LogP contribution in [0.15, 0.2) is 36.5 Å². The molecule has 0 radical (unpaired) electrons. The van der Waals surface area contributed by atoms with Crippen LogP contribution >= 0.6 is 0 Å². The summed E-state index contributed by atoms with van der Waals surface area (Å²) in [5, 5.41) is 2.68. The molecular weight excluding hydrogens is 437 g/mol. The Morgan fingerprint density at radius 2 is 1.91 bits per heavy atom. The molecule has 1 saturated heterocycles. The molecule has 0 aliphatic carbocycles. The van der Waals surface area contributed by atoms with Gasteiger partial charge in [-0.25, -0.2) is 9.18 Å². The van der Waals surface area contributed by atoms with Gasteiger partial charge in [0.15, 0.2) is 0 Å². The number of hydrogen-bond acceptors (Lipinski definition) is 5. The Balaban J connectivity index is 1.50. The molecule has 2 heterocycles. The molecular formula is C26H34FN3O4. The van der Waals surface area contributed by atoms with E-state index >= 15 is 0 Å². The minimum atomic E-state index is -0.578. The zero-order valence-electron chi connectivity index (χ0n) is 20.4. The Morgan fingerprint density at radius 1 is 1.18 bits per heavy atom. The molecule has 0 unspecified atom stereocenters. The minimum Gasteiger partial charge on any atom is -0.492 e. The molecule has 1 aliphatic heterocycles. The first-order valence-electron chi connectivity index (χ1n) is 11.8. The highest BCUT2D eigenvalue weighted by atomic mass is 19.1. The molecule has 1 aromatic carbocycles. The lowest BCUT2D eigenvalue weighted by atomic mass is 9.98. The summed E-state index contributed by atoms with van der Waals surface area (Å²) >= 11 is 0. The van der Waals surface area contributed by atoms with Crippen molar-refractivity contribution in [3.8, 4) is 17.0 Å². The normalized spacial score (nSPS) is 14.6. The molecule has 0 atom stereocenters. The fraction of sp³-hybridized carbons (Fsp3) is 0.500. The van der Waals surface area contributed by atoms with Crippen LogP contribution in [0, 0.1) is 11.7 Å². The van der Waals surface area contributed by atoms with Crippen molar-refractivity contribution >= 4 is 12.0 Å². The predicted octanol–water partition coefficient (Wildman–Crippen LogP) is 5.05. The van der Waals surface area contributed by atoms with E-state index in [1.165, 1.54) is 12.1 Å². The van der Waals surface area contributed by atoms with Gasteiger partial charge in [-0.2, -0.15) is 0 Å². The van der Waals surface area contributed by atoms with Crippen LogP contribution in [0.4, 0.5) is 9.18 Å². The zero-order valence-corrected chi connectivity index (χ0v) is 20.4. The van der Waals surface area contributed by atoms with Gasteiger partial charge in [0, 0.05) is 25.2 Å². The molecule has 1 N–H and O–H groups in total. The van der Waals surface area contributed by atoms with Crippen molar-refractivity contribution in [2.75, 3.05) is 26.2 Å². The first-order chi connectivity index (χ1) is 16.2. The monoisotopic (exact) mass is 471 g/mol. The topological polar surface area (TPSA) is 80.8 Å². The van der Waals surface area contributed by atoms with Crippen molar-refractivity contribution in [3.05, 3.63) is 47.9 Å². The molecule has 7 nitrogen and oxygen atoms in total. The van der Waals surface area contributed by atoms with E-state index in [-0.39, 0.29) is 11.7 Å². The van der Waals surface area contributed by atoms with E-state index in [1.807, 2.05) is 27.7 Å². The van der Waals surface area contributed by atoms with Crippen LogP contribution in [-0.4, -0.2) is 53.7 Å². The lowest BCUT2D eigenvalue weighted by molar-refractivity contribution is 0.0164. The molecule has 0 spiro atoms. The summed E-state index contributed by atoms with van der Waals surface area (Å²) in [5.74, 6) is -0.0151. The van der Waals surface area contributed by atoms with E-state index in [1.54, 1.807) is 29.3 Å². The maximum Gasteiger partial charge on any atom is 0.410 e. The number of carbonyl (C=O) groups is 2. The number of rotatable bonds is 7. The number of ether oxygens (including phenoxy) is 2. The van der Waals surface area contributed by atoms with Crippen molar-refractivity contribution in [1.29, 1.82) is 0 Å². The second-order valence-corrected chi connectivity index (χ2v) is 9.55. The Hall–Kier alpha value is -3.16. The lowest BCUT2D eigenvalue weighted by Crippen LogP contribution is -2.42. The largest absolute Gasteiger partial charge is 0.492 e. The summed E-state index contributed by atoms with van der Waals surface area (Å²) in [7, 11) is 0. The van der Waals surface area contributed by atoms with Crippen molar-refractivity contribution in [3.63, 3.8) is 0 Å². The van der Waals surface area contributed by atoms with Crippen molar-refractivity contribution in [2.45, 2.75) is 52.6 Å². The van der Waals surface area contributed by atoms with Crippen LogP contribution in [0.3, 0.4) is 0 Å². The number of hydrogen-bond donors (Lipinski definition) is 1. The molecule has 0 saturated carbocycles. The third-order valence-electron chi connectivity index (χ3n) is 5.53. The number of amides is 2. The maximum atomic E-state index is 14.4. The molecule has 184 valence electrons. The number of benzene rings is 1. The molecule has 34 heavy (non-hydrogen) atoms. The van der Waals surface area contributed by atoms with Crippen molar-refractivity contribution < 1.29 is 23.5 Å². The quantitative estimate of drug-likeness (QED) is 0.611. The van der Waals surface area contributed by atoms with Gasteiger partial charge in [0.1, 0.15) is 17.2 Å². The van der Waals surface area contributed by atoms with Crippen LogP contribution in [0.25, 0.3) is 11.3 Å². The molecule has 1 aliphatic rings. The third-order valence-corrected chi connectivity index (χ3v) is 5.53. The average Bonchev–Trinajstić information content (AvgIpc) is 2.80. The third kappa shape index (κ3) is 7.17. The Labute approximate surface area is 200 Å². The summed E-state index contributed by atoms with van der Waals surface area (Å²) in [6, 6.07) is 8.06. The molecule has 1 aromatic heterocycles. The molecule has 8 heteroatoms. The second-order valence-electron chi connectivity index (χ2n) is 9.55. The smallest absolute Gasteiger partial charge is 0.410 e. The van der Waals surface area contributed by atoms with Crippen LogP contribution in [-0.2, 0) is 4.74 Å². The van der Waals surface area contributed by atoms with E-state index in [0.29, 0.717) is 49.2 Å². The number of aromatic nitrogens is 1. The van der Waals surface area contributed by atoms with Gasteiger partial charge in [-0.1, -0.05) is 13.0 Å². The van der Waals surface area contributed by atoms with E-state index in [9.17, 15) is 14.0 Å². The summed E-state index contributed by atoms with van der Waals surface area (Å²) in [6.45, 7) is 9.88. The van der Waals surface area contributed by atoms with E-state index in [2.05, 4.69) is 10.3 Å². The number of likely N-dealkylation sites (tertiary alicyclic amines) is 1. The summed E-state index contributed by atoms with van der Waals surface area (Å²) in [5.41, 5.74) is 0.714. The predicted molar refractivity (Wildman–Crippen MR) is 128 cm³/mol. The molecule has 0 bridgehead atoms. The molecule has 1 fully saturated rings. The van der Waals surface area contributed by atoms with E-state index in [0.717, 1.165) is 19.3 Å². The van der Waals surface area contributed by atoms with Gasteiger partial charge in [0.2, 0.25) is 0 Å². The van der Waals surface area contributed by atoms with Crippen LogP contribution < -0.4 is 10.1 Å². The Bertz CT molecular complexity index is 981. The Morgan fingerprint density at radius 3 is 2.50 bits per heavy atom. The van der Waals surface area contributed by atoms with Crippen molar-refractivity contribution in [1.82, 2.24) is 15.2 Å². The van der Waals surface area contributed by atoms with Crippen molar-refractivity contribution in [2.24, 2.45) is 5.92 Å². The number of nitrogens with one attached hydrogen (secondary N) is 1. The minimum absolute atomic E-state index is 0.0230. The van der Waals surface area contributed by atoms with Gasteiger partial charge in [0.25, 0.3) is 5.91 Å². The molecule has 2 aromatic rings. The second kappa shape index (κ2) is 11.3. The van der Waals surface area contributed by atoms with Gasteiger partial charge in [-0.15, -0.1) is 0 Å². The SMILES string of the molecule is CCCNC(=O)c1ccc(-c2ccc(OCC3CCN(C(=O)OC(C)(C)C)CC3)cn2)cc1F. The highest BCUT2D eigenvalue weighted by molar-refractivity contribution is 5.94. The number of carbonyl (C=O) groups excluding carboxylic acids is 2. The summed E-state index contributed by atoms with van der Waals surface area (Å²) in [4.78, 5) is 30.3. The first kappa shape index (κ1) is 25.5. The average molecular weight is 472 g/mol. The maximum absolute atomic E-state index is 14.4. The van der Waals surface area contributed by atoms with Crippen LogP contribution in [0.5, 0.6) is 5.75 Å². The van der Waals surface area contributed by atoms with E-state index < -0.39 is 17.3 Å². The van der Waals surface area contributed by atoms with Crippen LogP contribution in [0.1, 0.15) is 57.3 Å². The first-order valence-corrected chi connectivity index (χ1v) is 11.8. The van der Waals surface area contributed by atoms with Gasteiger partial charge >= 0.3 is 6.09 Å². The lowest BCUT2D eigenvalue weighted by Gasteiger charge is -2.33. The fourth-order valence-electron chi connectivity index (χ4n) is 3.65. The Kier molecular flexibility index (Phi) is 8.47. The zero-order chi connectivity index (χ0) is 24.7. The molecule has 3 rings (SSSR count).